The van der Waals surface area contributed by atoms with Crippen molar-refractivity contribution in [2.45, 2.75) is 5.16 Å². The number of carbonyl (C=O) groups excluding carboxylic acids is 2. The van der Waals surface area contributed by atoms with E-state index in [-0.39, 0.29) is 11.7 Å². The van der Waals surface area contributed by atoms with E-state index in [1.807, 2.05) is 23.7 Å². The number of hydrogen-bond acceptors (Lipinski definition) is 7. The molecule has 25 heavy (non-hydrogen) atoms. The van der Waals surface area contributed by atoms with Gasteiger partial charge in [-0.05, 0) is 23.6 Å². The fourth-order valence-corrected chi connectivity index (χ4v) is 3.61. The van der Waals surface area contributed by atoms with E-state index in [0.717, 1.165) is 5.56 Å². The van der Waals surface area contributed by atoms with E-state index in [4.69, 9.17) is 5.73 Å². The van der Waals surface area contributed by atoms with Gasteiger partial charge in [-0.3, -0.25) is 14.6 Å². The van der Waals surface area contributed by atoms with Gasteiger partial charge in [0.2, 0.25) is 5.91 Å². The van der Waals surface area contributed by atoms with Crippen LogP contribution in [0.1, 0.15) is 10.4 Å². The Morgan fingerprint density at radius 2 is 2.04 bits per heavy atom. The molecule has 0 radical (unpaired) electrons. The third-order valence-electron chi connectivity index (χ3n) is 3.29. The van der Waals surface area contributed by atoms with Crippen LogP contribution in [0.4, 0.5) is 5.00 Å². The van der Waals surface area contributed by atoms with Crippen molar-refractivity contribution in [2.75, 3.05) is 11.1 Å². The highest BCUT2D eigenvalue weighted by atomic mass is 32.2. The lowest BCUT2D eigenvalue weighted by molar-refractivity contribution is -0.113. The van der Waals surface area contributed by atoms with Crippen LogP contribution in [0, 0.1) is 0 Å². The molecule has 0 unspecified atom stereocenters. The number of aromatic nitrogens is 4. The molecule has 3 aromatic heterocycles. The number of amides is 2. The molecule has 3 heterocycles. The number of nitrogens with zero attached hydrogens (tertiary/aromatic N) is 4. The van der Waals surface area contributed by atoms with Crippen LogP contribution in [-0.4, -0.2) is 37.3 Å². The Morgan fingerprint density at radius 1 is 1.28 bits per heavy atom. The van der Waals surface area contributed by atoms with Crippen LogP contribution >= 0.6 is 23.1 Å². The number of pyridine rings is 1. The molecule has 0 atom stereocenters. The van der Waals surface area contributed by atoms with E-state index in [9.17, 15) is 9.59 Å². The zero-order valence-electron chi connectivity index (χ0n) is 13.2. The number of hydrogen-bond donors (Lipinski definition) is 2. The Labute approximate surface area is 151 Å². The van der Waals surface area contributed by atoms with E-state index in [1.165, 1.54) is 23.1 Å². The highest BCUT2D eigenvalue weighted by Crippen LogP contribution is 2.25. The molecule has 128 valence electrons. The smallest absolute Gasteiger partial charge is 0.251 e. The first-order chi connectivity index (χ1) is 12.1. The summed E-state index contributed by atoms with van der Waals surface area (Å²) >= 11 is 2.51. The number of thioether (sulfide) groups is 1. The Bertz CT molecular complexity index is 906. The Morgan fingerprint density at radius 3 is 2.76 bits per heavy atom. The largest absolute Gasteiger partial charge is 0.366 e. The lowest BCUT2D eigenvalue weighted by Gasteiger charge is -2.05. The second-order valence-corrected chi connectivity index (χ2v) is 6.82. The zero-order chi connectivity index (χ0) is 17.8. The van der Waals surface area contributed by atoms with E-state index < -0.39 is 5.91 Å². The van der Waals surface area contributed by atoms with Gasteiger partial charge >= 0.3 is 0 Å². The summed E-state index contributed by atoms with van der Waals surface area (Å²) in [4.78, 5) is 27.4. The van der Waals surface area contributed by atoms with Crippen molar-refractivity contribution in [2.24, 2.45) is 12.8 Å². The summed E-state index contributed by atoms with van der Waals surface area (Å²) in [5.41, 5.74) is 6.46. The highest BCUT2D eigenvalue weighted by Gasteiger charge is 2.15. The lowest BCUT2D eigenvalue weighted by atomic mass is 10.2. The molecule has 0 saturated carbocycles. The van der Waals surface area contributed by atoms with Gasteiger partial charge in [-0.1, -0.05) is 11.8 Å². The predicted octanol–water partition coefficient (Wildman–Crippen LogP) is 1.77. The minimum absolute atomic E-state index is 0.137. The normalized spacial score (nSPS) is 10.6. The van der Waals surface area contributed by atoms with Crippen LogP contribution < -0.4 is 11.1 Å². The first-order valence-corrected chi connectivity index (χ1v) is 9.02. The van der Waals surface area contributed by atoms with Crippen LogP contribution in [0.25, 0.3) is 11.4 Å². The molecular formula is C15H14N6O2S2. The molecular weight excluding hydrogens is 360 g/mol. The van der Waals surface area contributed by atoms with E-state index in [1.54, 1.807) is 23.8 Å². The van der Waals surface area contributed by atoms with Crippen LogP contribution in [0.15, 0.2) is 41.1 Å². The average molecular weight is 374 g/mol. The van der Waals surface area contributed by atoms with Crippen LogP contribution in [0.3, 0.4) is 0 Å². The number of rotatable bonds is 6. The lowest BCUT2D eigenvalue weighted by Crippen LogP contribution is -2.18. The number of nitrogens with one attached hydrogen (secondary N) is 1. The van der Waals surface area contributed by atoms with Gasteiger partial charge in [0.15, 0.2) is 11.0 Å². The molecule has 2 amide bonds. The molecule has 0 aliphatic carbocycles. The van der Waals surface area contributed by atoms with Crippen molar-refractivity contribution in [3.8, 4) is 11.4 Å². The van der Waals surface area contributed by atoms with Crippen molar-refractivity contribution in [1.82, 2.24) is 19.7 Å². The van der Waals surface area contributed by atoms with Crippen molar-refractivity contribution in [3.63, 3.8) is 0 Å². The standard InChI is InChI=1S/C15H14N6O2S2/c1-21-13(9-2-5-17-6-3-9)19-20-15(21)25-8-11(22)18-14-10(12(16)23)4-7-24-14/h2-7H,8H2,1H3,(H2,16,23)(H,18,22). The zero-order valence-corrected chi connectivity index (χ0v) is 14.8. The number of thiophene rings is 1. The topological polar surface area (TPSA) is 116 Å². The van der Waals surface area contributed by atoms with Gasteiger partial charge in [0.25, 0.3) is 5.91 Å². The summed E-state index contributed by atoms with van der Waals surface area (Å²) in [7, 11) is 1.83. The molecule has 0 fully saturated rings. The van der Waals surface area contributed by atoms with Gasteiger partial charge in [-0.2, -0.15) is 0 Å². The quantitative estimate of drug-likeness (QED) is 0.635. The van der Waals surface area contributed by atoms with Crippen molar-refractivity contribution < 1.29 is 9.59 Å². The number of carbonyl (C=O) groups is 2. The van der Waals surface area contributed by atoms with Crippen molar-refractivity contribution in [3.05, 3.63) is 41.5 Å². The third kappa shape index (κ3) is 3.86. The molecule has 3 rings (SSSR count). The predicted molar refractivity (Wildman–Crippen MR) is 96.4 cm³/mol. The summed E-state index contributed by atoms with van der Waals surface area (Å²) in [6.07, 6.45) is 3.36. The molecule has 0 aromatic carbocycles. The second kappa shape index (κ2) is 7.45. The molecule has 0 bridgehead atoms. The summed E-state index contributed by atoms with van der Waals surface area (Å²) in [6, 6.07) is 5.26. The first-order valence-electron chi connectivity index (χ1n) is 7.16. The third-order valence-corrected chi connectivity index (χ3v) is 5.14. The van der Waals surface area contributed by atoms with Crippen LogP contribution in [-0.2, 0) is 11.8 Å². The molecule has 0 saturated heterocycles. The summed E-state index contributed by atoms with van der Waals surface area (Å²) < 4.78 is 1.81. The van der Waals surface area contributed by atoms with Gasteiger partial charge < -0.3 is 15.6 Å². The number of primary amides is 1. The molecule has 0 aliphatic rings. The fourth-order valence-electron chi connectivity index (χ4n) is 2.09. The summed E-state index contributed by atoms with van der Waals surface area (Å²) in [5.74, 6) is 0.0146. The first kappa shape index (κ1) is 17.1. The van der Waals surface area contributed by atoms with E-state index in [0.29, 0.717) is 21.5 Å². The highest BCUT2D eigenvalue weighted by molar-refractivity contribution is 7.99. The van der Waals surface area contributed by atoms with E-state index >= 15 is 0 Å². The summed E-state index contributed by atoms with van der Waals surface area (Å²) in [5, 5.41) is 13.7. The maximum absolute atomic E-state index is 12.1. The van der Waals surface area contributed by atoms with Crippen LogP contribution in [0.2, 0.25) is 0 Å². The number of anilines is 1. The number of nitrogens with two attached hydrogens (primary N) is 1. The minimum atomic E-state index is -0.570. The Kier molecular flexibility index (Phi) is 5.10. The molecule has 3 N–H and O–H groups in total. The van der Waals surface area contributed by atoms with Gasteiger partial charge in [-0.15, -0.1) is 21.5 Å². The maximum atomic E-state index is 12.1. The monoisotopic (exact) mass is 374 g/mol. The van der Waals surface area contributed by atoms with Crippen molar-refractivity contribution >= 4 is 39.9 Å². The molecule has 8 nitrogen and oxygen atoms in total. The molecule has 10 heteroatoms. The maximum Gasteiger partial charge on any atom is 0.251 e. The van der Waals surface area contributed by atoms with Gasteiger partial charge in [0, 0.05) is 25.0 Å². The molecule has 0 spiro atoms. The van der Waals surface area contributed by atoms with E-state index in [2.05, 4.69) is 20.5 Å². The Hall–Kier alpha value is -2.72. The fraction of sp³-hybridized carbons (Fsp3) is 0.133. The molecule has 3 aromatic rings. The van der Waals surface area contributed by atoms with Crippen molar-refractivity contribution in [1.29, 1.82) is 0 Å². The second-order valence-electron chi connectivity index (χ2n) is 4.97. The minimum Gasteiger partial charge on any atom is -0.366 e. The van der Waals surface area contributed by atoms with Gasteiger partial charge in [-0.25, -0.2) is 0 Å². The van der Waals surface area contributed by atoms with Gasteiger partial charge in [0.1, 0.15) is 5.00 Å². The van der Waals surface area contributed by atoms with Crippen LogP contribution in [0.5, 0.6) is 0 Å². The van der Waals surface area contributed by atoms with Gasteiger partial charge in [0.05, 0.1) is 11.3 Å². The SMILES string of the molecule is Cn1c(SCC(=O)Nc2sccc2C(N)=O)nnc1-c1ccncc1. The average Bonchev–Trinajstić information content (AvgIpc) is 3.20. The summed E-state index contributed by atoms with van der Waals surface area (Å²) in [6.45, 7) is 0. The molecule has 0 aliphatic heterocycles. The Balaban J connectivity index is 1.64.